The Hall–Kier alpha value is -1.41. The predicted octanol–water partition coefficient (Wildman–Crippen LogP) is 7.76. The van der Waals surface area contributed by atoms with E-state index in [2.05, 4.69) is 43.3 Å². The maximum absolute atomic E-state index is 5.92. The van der Waals surface area contributed by atoms with Crippen LogP contribution in [0.2, 0.25) is 0 Å². The molecule has 0 aliphatic carbocycles. The molecule has 0 heterocycles. The van der Waals surface area contributed by atoms with Crippen LogP contribution in [-0.4, -0.2) is 19.1 Å². The summed E-state index contributed by atoms with van der Waals surface area (Å²) in [5.74, 6) is 2.67. The third-order valence-corrected chi connectivity index (χ3v) is 5.11. The van der Waals surface area contributed by atoms with E-state index in [-0.39, 0.29) is 0 Å². The van der Waals surface area contributed by atoms with Crippen molar-refractivity contribution in [3.8, 4) is 11.5 Å². The second-order valence-corrected chi connectivity index (χ2v) is 7.62. The van der Waals surface area contributed by atoms with Crippen molar-refractivity contribution < 1.29 is 9.47 Å². The Morgan fingerprint density at radius 3 is 1.63 bits per heavy atom. The Morgan fingerprint density at radius 1 is 0.630 bits per heavy atom. The van der Waals surface area contributed by atoms with Crippen molar-refractivity contribution >= 4 is 22.4 Å². The SMILES string of the molecule is CCCCCCCCOc1ccc2cc(OCCCCCCCl)ccc2c1. The average Bonchev–Trinajstić information content (AvgIpc) is 2.70. The molecule has 0 aliphatic rings. The second-order valence-electron chi connectivity index (χ2n) is 7.24. The van der Waals surface area contributed by atoms with Gasteiger partial charge in [0.25, 0.3) is 0 Å². The third-order valence-electron chi connectivity index (χ3n) is 4.85. The van der Waals surface area contributed by atoms with Crippen LogP contribution in [0.5, 0.6) is 11.5 Å². The predicted molar refractivity (Wildman–Crippen MR) is 118 cm³/mol. The number of hydrogen-bond donors (Lipinski definition) is 0. The molecule has 0 aliphatic heterocycles. The lowest BCUT2D eigenvalue weighted by atomic mass is 10.1. The Balaban J connectivity index is 1.72. The van der Waals surface area contributed by atoms with E-state index in [0.29, 0.717) is 0 Å². The largest absolute Gasteiger partial charge is 0.494 e. The summed E-state index contributed by atoms with van der Waals surface area (Å²) in [7, 11) is 0. The molecule has 0 N–H and O–H groups in total. The van der Waals surface area contributed by atoms with Crippen LogP contribution in [0.15, 0.2) is 36.4 Å². The second kappa shape index (κ2) is 13.7. The number of fused-ring (bicyclic) bond motifs is 1. The monoisotopic (exact) mass is 390 g/mol. The molecule has 2 rings (SSSR count). The molecule has 3 heteroatoms. The normalized spacial score (nSPS) is 11.0. The summed E-state index contributed by atoms with van der Waals surface area (Å²) < 4.78 is 11.8. The molecule has 2 aromatic carbocycles. The lowest BCUT2D eigenvalue weighted by molar-refractivity contribution is 0.304. The number of ether oxygens (including phenoxy) is 2. The van der Waals surface area contributed by atoms with Crippen LogP contribution < -0.4 is 9.47 Å². The number of halogens is 1. The van der Waals surface area contributed by atoms with Crippen molar-refractivity contribution in [2.24, 2.45) is 0 Å². The van der Waals surface area contributed by atoms with Crippen molar-refractivity contribution in [1.82, 2.24) is 0 Å². The van der Waals surface area contributed by atoms with Gasteiger partial charge in [-0.05, 0) is 54.3 Å². The van der Waals surface area contributed by atoms with E-state index in [1.54, 1.807) is 0 Å². The molecule has 0 spiro atoms. The highest BCUT2D eigenvalue weighted by Crippen LogP contribution is 2.25. The molecule has 27 heavy (non-hydrogen) atoms. The van der Waals surface area contributed by atoms with Gasteiger partial charge in [0, 0.05) is 5.88 Å². The van der Waals surface area contributed by atoms with Crippen molar-refractivity contribution in [3.05, 3.63) is 36.4 Å². The molecule has 0 saturated carbocycles. The van der Waals surface area contributed by atoms with Crippen LogP contribution in [-0.2, 0) is 0 Å². The fourth-order valence-electron chi connectivity index (χ4n) is 3.19. The van der Waals surface area contributed by atoms with E-state index >= 15 is 0 Å². The summed E-state index contributed by atoms with van der Waals surface area (Å²) in [6.07, 6.45) is 12.3. The molecule has 0 fully saturated rings. The first kappa shape index (κ1) is 21.9. The third kappa shape index (κ3) is 8.88. The summed E-state index contributed by atoms with van der Waals surface area (Å²) in [6.45, 7) is 3.83. The number of rotatable bonds is 15. The standard InChI is InChI=1S/C24H35ClO2/c1-2-3-4-5-7-10-17-26-23-14-12-22-20-24(15-13-21(22)19-23)27-18-11-8-6-9-16-25/h12-15,19-20H,2-11,16-18H2,1H3. The number of unbranched alkanes of at least 4 members (excludes halogenated alkanes) is 8. The van der Waals surface area contributed by atoms with Crippen LogP contribution in [0.1, 0.15) is 71.1 Å². The van der Waals surface area contributed by atoms with Crippen LogP contribution in [0.3, 0.4) is 0 Å². The average molecular weight is 391 g/mol. The summed E-state index contributed by atoms with van der Waals surface area (Å²) in [4.78, 5) is 0. The maximum Gasteiger partial charge on any atom is 0.119 e. The van der Waals surface area contributed by atoms with Gasteiger partial charge in [-0.15, -0.1) is 11.6 Å². The van der Waals surface area contributed by atoms with Gasteiger partial charge in [-0.2, -0.15) is 0 Å². The van der Waals surface area contributed by atoms with Gasteiger partial charge in [0.05, 0.1) is 13.2 Å². The molecule has 0 atom stereocenters. The first-order valence-corrected chi connectivity index (χ1v) is 11.2. The van der Waals surface area contributed by atoms with Gasteiger partial charge in [0.15, 0.2) is 0 Å². The highest BCUT2D eigenvalue weighted by Gasteiger charge is 2.01. The van der Waals surface area contributed by atoms with Crippen LogP contribution in [0.25, 0.3) is 10.8 Å². The van der Waals surface area contributed by atoms with Gasteiger partial charge >= 0.3 is 0 Å². The molecule has 2 nitrogen and oxygen atoms in total. The lowest BCUT2D eigenvalue weighted by Gasteiger charge is -2.09. The summed E-state index contributed by atoms with van der Waals surface area (Å²) in [5, 5.41) is 2.39. The van der Waals surface area contributed by atoms with Crippen LogP contribution in [0, 0.1) is 0 Å². The zero-order valence-electron chi connectivity index (χ0n) is 16.9. The van der Waals surface area contributed by atoms with Gasteiger partial charge < -0.3 is 9.47 Å². The Morgan fingerprint density at radius 2 is 1.11 bits per heavy atom. The fraction of sp³-hybridized carbons (Fsp3) is 0.583. The van der Waals surface area contributed by atoms with Gasteiger partial charge in [0.1, 0.15) is 11.5 Å². The molecule has 0 unspecified atom stereocenters. The quantitative estimate of drug-likeness (QED) is 0.228. The first-order chi connectivity index (χ1) is 13.3. The van der Waals surface area contributed by atoms with Crippen LogP contribution >= 0.6 is 11.6 Å². The zero-order chi connectivity index (χ0) is 19.2. The molecular weight excluding hydrogens is 356 g/mol. The Kier molecular flexibility index (Phi) is 11.1. The van der Waals surface area contributed by atoms with E-state index in [9.17, 15) is 0 Å². The van der Waals surface area contributed by atoms with Crippen molar-refractivity contribution in [3.63, 3.8) is 0 Å². The lowest BCUT2D eigenvalue weighted by Crippen LogP contribution is -1.98. The number of alkyl halides is 1. The van der Waals surface area contributed by atoms with E-state index in [0.717, 1.165) is 49.9 Å². The van der Waals surface area contributed by atoms with E-state index in [1.807, 2.05) is 0 Å². The topological polar surface area (TPSA) is 18.5 Å². The minimum Gasteiger partial charge on any atom is -0.494 e. The van der Waals surface area contributed by atoms with Crippen molar-refractivity contribution in [2.75, 3.05) is 19.1 Å². The Bertz CT molecular complexity index is 641. The maximum atomic E-state index is 5.92. The molecule has 0 bridgehead atoms. The van der Waals surface area contributed by atoms with E-state index < -0.39 is 0 Å². The molecule has 150 valence electrons. The van der Waals surface area contributed by atoms with Crippen LogP contribution in [0.4, 0.5) is 0 Å². The summed E-state index contributed by atoms with van der Waals surface area (Å²) in [5.41, 5.74) is 0. The molecule has 2 aromatic rings. The smallest absolute Gasteiger partial charge is 0.119 e. The zero-order valence-corrected chi connectivity index (χ0v) is 17.6. The minimum atomic E-state index is 0.760. The van der Waals surface area contributed by atoms with E-state index in [4.69, 9.17) is 21.1 Å². The number of benzene rings is 2. The highest BCUT2D eigenvalue weighted by molar-refractivity contribution is 6.17. The van der Waals surface area contributed by atoms with Gasteiger partial charge in [0.2, 0.25) is 0 Å². The highest BCUT2D eigenvalue weighted by atomic mass is 35.5. The van der Waals surface area contributed by atoms with Gasteiger partial charge in [-0.3, -0.25) is 0 Å². The number of hydrogen-bond acceptors (Lipinski definition) is 2. The molecule has 0 saturated heterocycles. The summed E-state index contributed by atoms with van der Waals surface area (Å²) >= 11 is 5.70. The van der Waals surface area contributed by atoms with Crippen molar-refractivity contribution in [2.45, 2.75) is 71.1 Å². The van der Waals surface area contributed by atoms with E-state index in [1.165, 1.54) is 55.7 Å². The molecule has 0 radical (unpaired) electrons. The molecular formula is C24H35ClO2. The Labute approximate surface area is 170 Å². The van der Waals surface area contributed by atoms with Gasteiger partial charge in [-0.25, -0.2) is 0 Å². The summed E-state index contributed by atoms with van der Waals surface area (Å²) in [6, 6.07) is 12.6. The molecule has 0 amide bonds. The fourth-order valence-corrected chi connectivity index (χ4v) is 3.38. The first-order valence-electron chi connectivity index (χ1n) is 10.7. The molecule has 0 aromatic heterocycles. The van der Waals surface area contributed by atoms with Crippen molar-refractivity contribution in [1.29, 1.82) is 0 Å². The van der Waals surface area contributed by atoms with Gasteiger partial charge in [-0.1, -0.05) is 64.0 Å². The minimum absolute atomic E-state index is 0.760.